The number of nitro groups is 1. The number of nitrogens with one attached hydrogen (secondary N) is 1. The van der Waals surface area contributed by atoms with Crippen LogP contribution in [-0.2, 0) is 6.18 Å². The Hall–Kier alpha value is -2.75. The van der Waals surface area contributed by atoms with Crippen LogP contribution < -0.4 is 10.1 Å². The lowest BCUT2D eigenvalue weighted by Crippen LogP contribution is -2.57. The van der Waals surface area contributed by atoms with Crippen molar-refractivity contribution < 1.29 is 27.9 Å². The number of anilines is 1. The Morgan fingerprint density at radius 1 is 1.21 bits per heavy atom. The third kappa shape index (κ3) is 4.94. The fraction of sp³-hybridized carbons (Fsp3) is 0.312. The summed E-state index contributed by atoms with van der Waals surface area (Å²) in [5.41, 5.74) is -2.29. The molecule has 0 aliphatic heterocycles. The number of aliphatic hydroxyl groups is 1. The molecule has 2 rings (SSSR count). The molecule has 7 nitrogen and oxygen atoms in total. The highest BCUT2D eigenvalue weighted by Crippen LogP contribution is 2.34. The molecule has 12 heteroatoms. The highest BCUT2D eigenvalue weighted by atomic mass is 19.4. The van der Waals surface area contributed by atoms with Gasteiger partial charge in [0.15, 0.2) is 0 Å². The average Bonchev–Trinajstić information content (AvgIpc) is 2.53. The molecule has 0 unspecified atom stereocenters. The van der Waals surface area contributed by atoms with Gasteiger partial charge in [-0.15, -0.1) is 0 Å². The quantitative estimate of drug-likeness (QED) is 0.441. The Morgan fingerprint density at radius 2 is 1.86 bits per heavy atom. The van der Waals surface area contributed by atoms with Crippen LogP contribution >= 0.6 is 0 Å². The minimum atomic E-state index is -4.52. The first kappa shape index (κ1) is 21.5. The van der Waals surface area contributed by atoms with Crippen molar-refractivity contribution in [3.8, 4) is 11.6 Å². The summed E-state index contributed by atoms with van der Waals surface area (Å²) in [4.78, 5) is 14.3. The number of nitrogens with zero attached hydrogens (tertiary/aromatic N) is 2. The first-order chi connectivity index (χ1) is 12.7. The molecule has 148 valence electrons. The Kier molecular flexibility index (Phi) is 5.65. The fourth-order valence-electron chi connectivity index (χ4n) is 2.06. The second kappa shape index (κ2) is 7.34. The number of alkyl halides is 3. The van der Waals surface area contributed by atoms with Crippen LogP contribution in [0.4, 0.5) is 24.5 Å². The van der Waals surface area contributed by atoms with Crippen LogP contribution in [0.3, 0.4) is 0 Å². The molecule has 0 aliphatic carbocycles. The van der Waals surface area contributed by atoms with E-state index in [4.69, 9.17) is 4.74 Å². The first-order valence-electron chi connectivity index (χ1n) is 8.21. The molecule has 0 saturated heterocycles. The topological polar surface area (TPSA) is 97.5 Å². The lowest BCUT2D eigenvalue weighted by Gasteiger charge is -2.39. The smallest absolute Gasteiger partial charge is 0.417 e. The van der Waals surface area contributed by atoms with Crippen LogP contribution in [0.15, 0.2) is 36.5 Å². The summed E-state index contributed by atoms with van der Waals surface area (Å²) in [6.45, 7) is 3.11. The van der Waals surface area contributed by atoms with E-state index in [1.54, 1.807) is 29.5 Å². The molecule has 1 aromatic heterocycles. The molecule has 0 spiro atoms. The maximum Gasteiger partial charge on any atom is 0.417 e. The molecule has 0 bridgehead atoms. The predicted octanol–water partition coefficient (Wildman–Crippen LogP) is 1.90. The van der Waals surface area contributed by atoms with Gasteiger partial charge in [0.05, 0.1) is 16.1 Å². The number of rotatable bonds is 6. The molecule has 2 N–H and O–H groups in total. The molecule has 1 heterocycles. The van der Waals surface area contributed by atoms with E-state index in [1.165, 1.54) is 18.2 Å². The predicted molar refractivity (Wildman–Crippen MR) is 102 cm³/mol. The Bertz CT molecular complexity index is 869. The molecule has 28 heavy (non-hydrogen) atoms. The normalized spacial score (nSPS) is 12.5. The first-order valence-corrected chi connectivity index (χ1v) is 8.21. The van der Waals surface area contributed by atoms with E-state index in [0.717, 1.165) is 12.1 Å². The number of hydrogen-bond donors (Lipinski definition) is 2. The summed E-state index contributed by atoms with van der Waals surface area (Å²) in [5, 5.41) is 23.5. The van der Waals surface area contributed by atoms with Crippen molar-refractivity contribution in [1.29, 1.82) is 0 Å². The molecular formula is C16H18B2F3N3O4. The molecule has 0 radical (unpaired) electrons. The van der Waals surface area contributed by atoms with Crippen LogP contribution in [0.25, 0.3) is 0 Å². The molecule has 0 atom stereocenters. The van der Waals surface area contributed by atoms with E-state index >= 15 is 0 Å². The highest BCUT2D eigenvalue weighted by Gasteiger charge is 2.36. The van der Waals surface area contributed by atoms with Crippen molar-refractivity contribution in [1.82, 2.24) is 4.98 Å². The monoisotopic (exact) mass is 395 g/mol. The Labute approximate surface area is 160 Å². The van der Waals surface area contributed by atoms with Crippen LogP contribution in [0, 0.1) is 10.1 Å². The van der Waals surface area contributed by atoms with E-state index in [9.17, 15) is 28.4 Å². The van der Waals surface area contributed by atoms with Crippen molar-refractivity contribution in [2.75, 3.05) is 5.32 Å². The number of aromatic nitrogens is 1. The SMILES string of the molecule is BC(B)(Nc1cc(Oc2ccc(C(F)(F)F)cn2)ccc1[N+](=O)[O-])C(C)(C)O. The summed E-state index contributed by atoms with van der Waals surface area (Å²) in [5.74, 6) is 0.0291. The van der Waals surface area contributed by atoms with Crippen molar-refractivity contribution in [3.63, 3.8) is 0 Å². The summed E-state index contributed by atoms with van der Waals surface area (Å²) in [6, 6.07) is 5.70. The van der Waals surface area contributed by atoms with Gasteiger partial charge in [0.1, 0.15) is 27.1 Å². The van der Waals surface area contributed by atoms with Gasteiger partial charge in [0.2, 0.25) is 5.88 Å². The zero-order valence-corrected chi connectivity index (χ0v) is 15.7. The molecule has 2 aromatic rings. The van der Waals surface area contributed by atoms with E-state index in [2.05, 4.69) is 10.3 Å². The van der Waals surface area contributed by atoms with Crippen LogP contribution in [0.2, 0.25) is 0 Å². The van der Waals surface area contributed by atoms with E-state index in [1.807, 2.05) is 0 Å². The molecule has 1 aromatic carbocycles. The summed E-state index contributed by atoms with van der Waals surface area (Å²) in [7, 11) is 3.34. The fourth-order valence-corrected chi connectivity index (χ4v) is 2.06. The second-order valence-corrected chi connectivity index (χ2v) is 7.23. The Balaban J connectivity index is 2.33. The highest BCUT2D eigenvalue weighted by molar-refractivity contribution is 6.42. The molecule has 0 aliphatic rings. The van der Waals surface area contributed by atoms with Gasteiger partial charge in [-0.3, -0.25) is 10.1 Å². The maximum atomic E-state index is 12.6. The number of halogens is 3. The second-order valence-electron chi connectivity index (χ2n) is 7.23. The van der Waals surface area contributed by atoms with E-state index in [0.29, 0.717) is 6.20 Å². The average molecular weight is 395 g/mol. The summed E-state index contributed by atoms with van der Waals surface area (Å²) < 4.78 is 43.2. The minimum absolute atomic E-state index is 0.0848. The lowest BCUT2D eigenvalue weighted by molar-refractivity contribution is -0.384. The van der Waals surface area contributed by atoms with Crippen LogP contribution in [-0.4, -0.2) is 41.6 Å². The van der Waals surface area contributed by atoms with Gasteiger partial charge in [0, 0.05) is 29.7 Å². The lowest BCUT2D eigenvalue weighted by atomic mass is 9.53. The van der Waals surface area contributed by atoms with E-state index < -0.39 is 27.6 Å². The standard InChI is InChI=1S/C16H18B2F3N3O4/c1-14(2,25)16(17,18)23-11-7-10(4-5-12(11)24(26)27)28-13-6-3-9(8-22-13)15(19,20)21/h3-8,23,25H,17-18H2,1-2H3. The number of pyridine rings is 1. The van der Waals surface area contributed by atoms with Gasteiger partial charge in [-0.25, -0.2) is 4.98 Å². The van der Waals surface area contributed by atoms with Crippen molar-refractivity contribution >= 4 is 27.1 Å². The third-order valence-electron chi connectivity index (χ3n) is 4.43. The van der Waals surface area contributed by atoms with Gasteiger partial charge in [-0.2, -0.15) is 13.2 Å². The molecule has 0 amide bonds. The van der Waals surface area contributed by atoms with Crippen molar-refractivity contribution in [2.45, 2.75) is 31.0 Å². The summed E-state index contributed by atoms with van der Waals surface area (Å²) in [6.07, 6.45) is -3.88. The van der Waals surface area contributed by atoms with Gasteiger partial charge in [0.25, 0.3) is 5.69 Å². The number of hydrogen-bond acceptors (Lipinski definition) is 6. The molecule has 0 saturated carbocycles. The minimum Gasteiger partial charge on any atom is -0.439 e. The third-order valence-corrected chi connectivity index (χ3v) is 4.43. The van der Waals surface area contributed by atoms with Crippen molar-refractivity contribution in [3.05, 3.63) is 52.2 Å². The number of benzene rings is 1. The van der Waals surface area contributed by atoms with E-state index in [-0.39, 0.29) is 23.0 Å². The largest absolute Gasteiger partial charge is 0.439 e. The number of ether oxygens (including phenoxy) is 1. The van der Waals surface area contributed by atoms with Gasteiger partial charge >= 0.3 is 6.18 Å². The molecule has 0 fully saturated rings. The zero-order chi connectivity index (χ0) is 21.3. The van der Waals surface area contributed by atoms with Gasteiger partial charge in [-0.1, -0.05) is 0 Å². The van der Waals surface area contributed by atoms with Crippen LogP contribution in [0.1, 0.15) is 19.4 Å². The zero-order valence-electron chi connectivity index (χ0n) is 15.7. The molecular weight excluding hydrogens is 377 g/mol. The maximum absolute atomic E-state index is 12.6. The van der Waals surface area contributed by atoms with Crippen molar-refractivity contribution in [2.24, 2.45) is 0 Å². The van der Waals surface area contributed by atoms with Gasteiger partial charge < -0.3 is 15.2 Å². The number of nitro benzene ring substituents is 1. The Morgan fingerprint density at radius 3 is 2.32 bits per heavy atom. The summed E-state index contributed by atoms with van der Waals surface area (Å²) >= 11 is 0. The van der Waals surface area contributed by atoms with Gasteiger partial charge in [-0.05, 0) is 26.0 Å². The van der Waals surface area contributed by atoms with Crippen LogP contribution in [0.5, 0.6) is 11.6 Å².